The molecular formula is C11H22O. The van der Waals surface area contributed by atoms with Gasteiger partial charge in [-0.3, -0.25) is 0 Å². The lowest BCUT2D eigenvalue weighted by Gasteiger charge is -2.25. The third-order valence-electron chi connectivity index (χ3n) is 1.93. The lowest BCUT2D eigenvalue weighted by molar-refractivity contribution is 0.147. The van der Waals surface area contributed by atoms with Crippen LogP contribution in [0.5, 0.6) is 0 Å². The Bertz CT molecular complexity index is 140. The molecular weight excluding hydrogens is 148 g/mol. The van der Waals surface area contributed by atoms with Gasteiger partial charge in [0.15, 0.2) is 0 Å². The molecule has 0 fully saturated rings. The first-order chi connectivity index (χ1) is 5.61. The van der Waals surface area contributed by atoms with E-state index >= 15 is 0 Å². The van der Waals surface area contributed by atoms with Gasteiger partial charge in [0.1, 0.15) is 0 Å². The van der Waals surface area contributed by atoms with Crippen LogP contribution in [-0.4, -0.2) is 13.2 Å². The van der Waals surface area contributed by atoms with Gasteiger partial charge in [0.05, 0.1) is 13.2 Å². The summed E-state index contributed by atoms with van der Waals surface area (Å²) in [5.74, 6) is 0. The monoisotopic (exact) mass is 170 g/mol. The lowest BCUT2D eigenvalue weighted by Crippen LogP contribution is -2.16. The molecule has 0 atom stereocenters. The summed E-state index contributed by atoms with van der Waals surface area (Å²) in [6, 6.07) is 0. The minimum Gasteiger partial charge on any atom is -0.377 e. The maximum absolute atomic E-state index is 5.22. The molecule has 1 aliphatic heterocycles. The van der Waals surface area contributed by atoms with Gasteiger partial charge in [-0.05, 0) is 11.8 Å². The topological polar surface area (TPSA) is 9.23 Å². The van der Waals surface area contributed by atoms with Crippen LogP contribution in [0.2, 0.25) is 0 Å². The van der Waals surface area contributed by atoms with Gasteiger partial charge in [-0.2, -0.15) is 0 Å². The highest BCUT2D eigenvalue weighted by atomic mass is 16.5. The Kier molecular flexibility index (Phi) is 5.23. The van der Waals surface area contributed by atoms with Crippen LogP contribution in [-0.2, 0) is 4.74 Å². The van der Waals surface area contributed by atoms with Gasteiger partial charge >= 0.3 is 0 Å². The number of rotatable bonds is 0. The summed E-state index contributed by atoms with van der Waals surface area (Å²) in [4.78, 5) is 0. The van der Waals surface area contributed by atoms with Crippen LogP contribution in [0.1, 0.15) is 41.0 Å². The fourth-order valence-corrected chi connectivity index (χ4v) is 1.21. The Hall–Kier alpha value is -0.300. The predicted molar refractivity (Wildman–Crippen MR) is 54.3 cm³/mol. The Labute approximate surface area is 76.8 Å². The van der Waals surface area contributed by atoms with Crippen molar-refractivity contribution in [3.8, 4) is 0 Å². The third kappa shape index (κ3) is 3.91. The van der Waals surface area contributed by atoms with Crippen molar-refractivity contribution in [1.29, 1.82) is 0 Å². The zero-order chi connectivity index (χ0) is 9.61. The van der Waals surface area contributed by atoms with Crippen molar-refractivity contribution in [1.82, 2.24) is 0 Å². The SMILES string of the molecule is CC.CC(C)(C)C1=CCOCC1. The Morgan fingerprint density at radius 2 is 1.83 bits per heavy atom. The van der Waals surface area contributed by atoms with Crippen molar-refractivity contribution in [2.24, 2.45) is 5.41 Å². The molecule has 0 spiro atoms. The molecule has 12 heavy (non-hydrogen) atoms. The minimum absolute atomic E-state index is 0.351. The van der Waals surface area contributed by atoms with Crippen LogP contribution < -0.4 is 0 Å². The van der Waals surface area contributed by atoms with Crippen molar-refractivity contribution >= 4 is 0 Å². The van der Waals surface area contributed by atoms with Crippen molar-refractivity contribution in [3.05, 3.63) is 11.6 Å². The summed E-state index contributed by atoms with van der Waals surface area (Å²) in [6.45, 7) is 12.5. The second-order valence-corrected chi connectivity index (χ2v) is 3.80. The summed E-state index contributed by atoms with van der Waals surface area (Å²) in [7, 11) is 0. The number of hydrogen-bond acceptors (Lipinski definition) is 1. The fraction of sp³-hybridized carbons (Fsp3) is 0.818. The van der Waals surface area contributed by atoms with Crippen molar-refractivity contribution in [2.45, 2.75) is 41.0 Å². The van der Waals surface area contributed by atoms with Crippen LogP contribution in [0.3, 0.4) is 0 Å². The van der Waals surface area contributed by atoms with E-state index in [-0.39, 0.29) is 0 Å². The van der Waals surface area contributed by atoms with E-state index in [9.17, 15) is 0 Å². The molecule has 0 aromatic heterocycles. The maximum Gasteiger partial charge on any atom is 0.0650 e. The summed E-state index contributed by atoms with van der Waals surface area (Å²) in [5, 5.41) is 0. The van der Waals surface area contributed by atoms with Crippen LogP contribution in [0, 0.1) is 5.41 Å². The standard InChI is InChI=1S/C9H16O.C2H6/c1-9(2,3)8-4-6-10-7-5-8;1-2/h4H,5-7H2,1-3H3;1-2H3. The minimum atomic E-state index is 0.351. The summed E-state index contributed by atoms with van der Waals surface area (Å²) in [5.41, 5.74) is 1.89. The molecule has 1 rings (SSSR count). The molecule has 0 radical (unpaired) electrons. The van der Waals surface area contributed by atoms with Gasteiger partial charge in [0.25, 0.3) is 0 Å². The van der Waals surface area contributed by atoms with Gasteiger partial charge in [-0.15, -0.1) is 0 Å². The first-order valence-electron chi connectivity index (χ1n) is 4.88. The second-order valence-electron chi connectivity index (χ2n) is 3.80. The van der Waals surface area contributed by atoms with Gasteiger partial charge < -0.3 is 4.74 Å². The van der Waals surface area contributed by atoms with E-state index in [2.05, 4.69) is 26.8 Å². The van der Waals surface area contributed by atoms with Gasteiger partial charge in [-0.25, -0.2) is 0 Å². The zero-order valence-electron chi connectivity index (χ0n) is 9.11. The highest BCUT2D eigenvalue weighted by Gasteiger charge is 2.17. The van der Waals surface area contributed by atoms with E-state index in [4.69, 9.17) is 4.74 Å². The van der Waals surface area contributed by atoms with Crippen molar-refractivity contribution in [2.75, 3.05) is 13.2 Å². The normalized spacial score (nSPS) is 17.6. The van der Waals surface area contributed by atoms with E-state index in [0.29, 0.717) is 5.41 Å². The lowest BCUT2D eigenvalue weighted by atomic mass is 9.84. The molecule has 0 unspecified atom stereocenters. The predicted octanol–water partition coefficient (Wildman–Crippen LogP) is 3.41. The molecule has 0 bridgehead atoms. The zero-order valence-corrected chi connectivity index (χ0v) is 9.11. The van der Waals surface area contributed by atoms with Gasteiger partial charge in [0.2, 0.25) is 0 Å². The molecule has 72 valence electrons. The summed E-state index contributed by atoms with van der Waals surface area (Å²) in [6.07, 6.45) is 3.33. The molecule has 0 N–H and O–H groups in total. The highest BCUT2D eigenvalue weighted by molar-refractivity contribution is 5.12. The second kappa shape index (κ2) is 5.36. The molecule has 1 nitrogen and oxygen atoms in total. The van der Waals surface area contributed by atoms with Crippen LogP contribution in [0.4, 0.5) is 0 Å². The van der Waals surface area contributed by atoms with Crippen molar-refractivity contribution in [3.63, 3.8) is 0 Å². The Morgan fingerprint density at radius 1 is 1.25 bits per heavy atom. The molecule has 1 heteroatoms. The largest absolute Gasteiger partial charge is 0.377 e. The van der Waals surface area contributed by atoms with Gasteiger partial charge in [-0.1, -0.05) is 46.3 Å². The molecule has 1 heterocycles. The molecule has 0 amide bonds. The van der Waals surface area contributed by atoms with E-state index < -0.39 is 0 Å². The number of ether oxygens (including phenoxy) is 1. The third-order valence-corrected chi connectivity index (χ3v) is 1.93. The van der Waals surface area contributed by atoms with E-state index in [1.54, 1.807) is 5.57 Å². The van der Waals surface area contributed by atoms with Gasteiger partial charge in [0, 0.05) is 0 Å². The van der Waals surface area contributed by atoms with E-state index in [1.165, 1.54) is 0 Å². The summed E-state index contributed by atoms with van der Waals surface area (Å²) < 4.78 is 5.22. The number of hydrogen-bond donors (Lipinski definition) is 0. The fourth-order valence-electron chi connectivity index (χ4n) is 1.21. The van der Waals surface area contributed by atoms with Crippen LogP contribution >= 0.6 is 0 Å². The van der Waals surface area contributed by atoms with Crippen molar-refractivity contribution < 1.29 is 4.74 Å². The maximum atomic E-state index is 5.22. The summed E-state index contributed by atoms with van der Waals surface area (Å²) >= 11 is 0. The van der Waals surface area contributed by atoms with E-state index in [1.807, 2.05) is 13.8 Å². The molecule has 0 aromatic rings. The smallest absolute Gasteiger partial charge is 0.0650 e. The quantitative estimate of drug-likeness (QED) is 0.506. The molecule has 0 aliphatic carbocycles. The average molecular weight is 170 g/mol. The Morgan fingerprint density at radius 3 is 2.08 bits per heavy atom. The average Bonchev–Trinajstić information content (AvgIpc) is 2.08. The molecule has 1 aliphatic rings. The highest BCUT2D eigenvalue weighted by Crippen LogP contribution is 2.29. The molecule has 0 saturated carbocycles. The Balaban J connectivity index is 0.000000561. The van der Waals surface area contributed by atoms with Crippen LogP contribution in [0.25, 0.3) is 0 Å². The first kappa shape index (κ1) is 11.7. The molecule has 0 aromatic carbocycles. The van der Waals surface area contributed by atoms with Crippen LogP contribution in [0.15, 0.2) is 11.6 Å². The first-order valence-corrected chi connectivity index (χ1v) is 4.88. The van der Waals surface area contributed by atoms with E-state index in [0.717, 1.165) is 19.6 Å². The molecule has 0 saturated heterocycles.